The zero-order chi connectivity index (χ0) is 25.2. The number of hydrogen-bond donors (Lipinski definition) is 1. The second-order valence-electron chi connectivity index (χ2n) is 9.43. The second-order valence-corrected chi connectivity index (χ2v) is 9.43. The molecule has 7 nitrogen and oxygen atoms in total. The molecule has 2 fully saturated rings. The number of benzene rings is 2. The van der Waals surface area contributed by atoms with E-state index in [1.807, 2.05) is 45.0 Å². The van der Waals surface area contributed by atoms with E-state index in [0.717, 1.165) is 12.0 Å². The summed E-state index contributed by atoms with van der Waals surface area (Å²) in [6.45, 7) is 6.70. The van der Waals surface area contributed by atoms with E-state index in [1.54, 1.807) is 4.90 Å². The minimum Gasteiger partial charge on any atom is -0.353 e. The number of hydrogen-bond acceptors (Lipinski definition) is 4. The highest BCUT2D eigenvalue weighted by Crippen LogP contribution is 2.39. The summed E-state index contributed by atoms with van der Waals surface area (Å²) in [7, 11) is 0. The minimum atomic E-state index is -1.01. The number of nitrogens with zero attached hydrogens (tertiary/aromatic N) is 2. The molecule has 2 unspecified atom stereocenters. The molecule has 35 heavy (non-hydrogen) atoms. The average molecular weight is 482 g/mol. The van der Waals surface area contributed by atoms with E-state index in [0.29, 0.717) is 31.5 Å². The lowest BCUT2D eigenvalue weighted by molar-refractivity contribution is -0.128. The number of ether oxygens (including phenoxy) is 1. The van der Waals surface area contributed by atoms with Crippen molar-refractivity contribution in [2.24, 2.45) is 0 Å². The molecule has 1 N–H and O–H groups in total. The summed E-state index contributed by atoms with van der Waals surface area (Å²) in [6, 6.07) is 11.9. The van der Waals surface area contributed by atoms with Gasteiger partial charge in [0.15, 0.2) is 0 Å². The van der Waals surface area contributed by atoms with Crippen molar-refractivity contribution in [1.29, 1.82) is 0 Å². The normalized spacial score (nSPS) is 20.1. The molecule has 2 aromatic rings. The molecule has 0 radical (unpaired) electrons. The molecule has 0 saturated carbocycles. The van der Waals surface area contributed by atoms with Gasteiger partial charge in [-0.1, -0.05) is 24.6 Å². The summed E-state index contributed by atoms with van der Waals surface area (Å²) in [6.07, 6.45) is 1.52. The lowest BCUT2D eigenvalue weighted by Crippen LogP contribution is -2.60. The van der Waals surface area contributed by atoms with E-state index in [4.69, 9.17) is 4.74 Å². The molecule has 2 heterocycles. The Morgan fingerprint density at radius 3 is 2.20 bits per heavy atom. The zero-order valence-electron chi connectivity index (χ0n) is 20.4. The van der Waals surface area contributed by atoms with E-state index in [2.05, 4.69) is 5.32 Å². The van der Waals surface area contributed by atoms with Crippen LogP contribution in [-0.2, 0) is 9.53 Å². The zero-order valence-corrected chi connectivity index (χ0v) is 20.4. The van der Waals surface area contributed by atoms with Crippen molar-refractivity contribution in [2.75, 3.05) is 19.7 Å². The first-order valence-corrected chi connectivity index (χ1v) is 12.1. The molecule has 4 rings (SSSR count). The summed E-state index contributed by atoms with van der Waals surface area (Å²) in [5.41, 5.74) is 0.974. The van der Waals surface area contributed by atoms with Crippen LogP contribution in [0.1, 0.15) is 59.4 Å². The summed E-state index contributed by atoms with van der Waals surface area (Å²) in [5.74, 6) is -1.17. The Balaban J connectivity index is 1.57. The third-order valence-corrected chi connectivity index (χ3v) is 7.00. The van der Waals surface area contributed by atoms with Crippen LogP contribution in [0.3, 0.4) is 0 Å². The predicted molar refractivity (Wildman–Crippen MR) is 129 cm³/mol. The fraction of sp³-hybridized carbons (Fsp3) is 0.444. The lowest BCUT2D eigenvalue weighted by atomic mass is 9.96. The van der Waals surface area contributed by atoms with Crippen LogP contribution in [0.2, 0.25) is 0 Å². The Morgan fingerprint density at radius 2 is 1.60 bits per heavy atom. The molecule has 1 spiro atoms. The van der Waals surface area contributed by atoms with Crippen molar-refractivity contribution < 1.29 is 23.5 Å². The fourth-order valence-electron chi connectivity index (χ4n) is 4.68. The topological polar surface area (TPSA) is 79.0 Å². The van der Waals surface area contributed by atoms with Crippen molar-refractivity contribution >= 4 is 17.7 Å². The highest BCUT2D eigenvalue weighted by molar-refractivity contribution is 5.98. The maximum atomic E-state index is 13.6. The maximum Gasteiger partial charge on any atom is 0.256 e. The number of carbonyl (C=O) groups is 3. The molecule has 2 aliphatic heterocycles. The monoisotopic (exact) mass is 481 g/mol. The van der Waals surface area contributed by atoms with Crippen LogP contribution in [0.15, 0.2) is 48.5 Å². The molecule has 0 aliphatic carbocycles. The van der Waals surface area contributed by atoms with Crippen LogP contribution in [0, 0.1) is 12.7 Å². The molecule has 2 aromatic carbocycles. The minimum absolute atomic E-state index is 0.0456. The van der Waals surface area contributed by atoms with Crippen molar-refractivity contribution in [3.8, 4) is 0 Å². The Kier molecular flexibility index (Phi) is 7.21. The van der Waals surface area contributed by atoms with Crippen LogP contribution in [0.4, 0.5) is 4.39 Å². The molecule has 2 saturated heterocycles. The number of amides is 3. The van der Waals surface area contributed by atoms with Crippen molar-refractivity contribution in [3.05, 3.63) is 71.0 Å². The van der Waals surface area contributed by atoms with Crippen molar-refractivity contribution in [2.45, 2.75) is 57.8 Å². The highest BCUT2D eigenvalue weighted by atomic mass is 19.1. The Labute approximate surface area is 205 Å². The molecule has 186 valence electrons. The molecular formula is C27H32FN3O4. The van der Waals surface area contributed by atoms with E-state index >= 15 is 0 Å². The first kappa shape index (κ1) is 24.9. The van der Waals surface area contributed by atoms with Crippen LogP contribution in [0.5, 0.6) is 0 Å². The van der Waals surface area contributed by atoms with E-state index in [9.17, 15) is 18.8 Å². The fourth-order valence-corrected chi connectivity index (χ4v) is 4.68. The average Bonchev–Trinajstić information content (AvgIpc) is 3.23. The molecule has 3 amide bonds. The number of likely N-dealkylation sites (tertiary alicyclic amines) is 1. The number of rotatable bonds is 5. The maximum absolute atomic E-state index is 13.6. The number of aryl methyl sites for hydroxylation is 1. The Bertz CT molecular complexity index is 1080. The van der Waals surface area contributed by atoms with Crippen molar-refractivity contribution in [3.63, 3.8) is 0 Å². The summed E-state index contributed by atoms with van der Waals surface area (Å²) in [5, 5.41) is 2.95. The van der Waals surface area contributed by atoms with E-state index in [-0.39, 0.29) is 35.9 Å². The Morgan fingerprint density at radius 1 is 1.03 bits per heavy atom. The lowest BCUT2D eigenvalue weighted by Gasteiger charge is -2.44. The van der Waals surface area contributed by atoms with Gasteiger partial charge in [-0.05, 0) is 56.7 Å². The Hall–Kier alpha value is -3.26. The van der Waals surface area contributed by atoms with Gasteiger partial charge >= 0.3 is 0 Å². The van der Waals surface area contributed by atoms with Crippen LogP contribution < -0.4 is 5.32 Å². The quantitative estimate of drug-likeness (QED) is 0.709. The molecule has 2 aliphatic rings. The van der Waals surface area contributed by atoms with Gasteiger partial charge in [0.25, 0.3) is 11.8 Å². The van der Waals surface area contributed by atoms with Gasteiger partial charge in [0.2, 0.25) is 5.91 Å². The van der Waals surface area contributed by atoms with Gasteiger partial charge in [-0.3, -0.25) is 19.3 Å². The van der Waals surface area contributed by atoms with Gasteiger partial charge in [-0.15, -0.1) is 0 Å². The third kappa shape index (κ3) is 5.07. The molecular weight excluding hydrogens is 449 g/mol. The second kappa shape index (κ2) is 10.2. The van der Waals surface area contributed by atoms with Crippen molar-refractivity contribution in [1.82, 2.24) is 15.1 Å². The van der Waals surface area contributed by atoms with E-state index in [1.165, 1.54) is 29.2 Å². The van der Waals surface area contributed by atoms with Gasteiger partial charge < -0.3 is 15.0 Å². The van der Waals surface area contributed by atoms with Gasteiger partial charge in [0, 0.05) is 43.1 Å². The summed E-state index contributed by atoms with van der Waals surface area (Å²) < 4.78 is 19.7. The van der Waals surface area contributed by atoms with E-state index < -0.39 is 17.6 Å². The number of nitrogens with one attached hydrogen (secondary N) is 1. The molecule has 2 atom stereocenters. The molecule has 0 bridgehead atoms. The first-order valence-electron chi connectivity index (χ1n) is 12.1. The van der Waals surface area contributed by atoms with Crippen LogP contribution in [0.25, 0.3) is 0 Å². The standard InChI is InChI=1S/C27H32FN3O4/c1-4-19(3)29-24(32)23-17-35-27(31(23)26(34)21-9-11-22(28)12-10-21)13-15-30(16-14-27)25(33)20-7-5-18(2)6-8-20/h5-12,19,23H,4,13-17H2,1-3H3,(H,29,32). The van der Waals surface area contributed by atoms with Gasteiger partial charge in [0.1, 0.15) is 17.6 Å². The number of halogens is 1. The summed E-state index contributed by atoms with van der Waals surface area (Å²) >= 11 is 0. The van der Waals surface area contributed by atoms with Crippen LogP contribution >= 0.6 is 0 Å². The van der Waals surface area contributed by atoms with Crippen LogP contribution in [-0.4, -0.2) is 65.0 Å². The largest absolute Gasteiger partial charge is 0.353 e. The van der Waals surface area contributed by atoms with Gasteiger partial charge in [-0.2, -0.15) is 0 Å². The first-order chi connectivity index (χ1) is 16.7. The predicted octanol–water partition coefficient (Wildman–Crippen LogP) is 3.52. The molecule has 8 heteroatoms. The van der Waals surface area contributed by atoms with Gasteiger partial charge in [-0.25, -0.2) is 4.39 Å². The highest BCUT2D eigenvalue weighted by Gasteiger charge is 2.54. The molecule has 0 aromatic heterocycles. The number of piperidine rings is 1. The van der Waals surface area contributed by atoms with Gasteiger partial charge in [0.05, 0.1) is 6.61 Å². The smallest absolute Gasteiger partial charge is 0.256 e. The number of carbonyl (C=O) groups excluding carboxylic acids is 3. The SMILES string of the molecule is CCC(C)NC(=O)C1COC2(CCN(C(=O)c3ccc(C)cc3)CC2)N1C(=O)c1ccc(F)cc1. The third-order valence-electron chi connectivity index (χ3n) is 7.00. The summed E-state index contributed by atoms with van der Waals surface area (Å²) in [4.78, 5) is 43.0.